The molecule has 0 fully saturated rings. The quantitative estimate of drug-likeness (QED) is 0.695. The molecule has 0 aromatic heterocycles. The van der Waals surface area contributed by atoms with Crippen molar-refractivity contribution in [2.45, 2.75) is 19.8 Å². The van der Waals surface area contributed by atoms with Gasteiger partial charge < -0.3 is 0 Å². The number of aromatic nitrogens is 3. The van der Waals surface area contributed by atoms with Gasteiger partial charge in [0.15, 0.2) is 0 Å². The van der Waals surface area contributed by atoms with Gasteiger partial charge >= 0.3 is 0 Å². The number of hydrogen-bond acceptors (Lipinski definition) is 2. The van der Waals surface area contributed by atoms with Gasteiger partial charge in [0.25, 0.3) is 0 Å². The fourth-order valence-electron chi connectivity index (χ4n) is 1.24. The van der Waals surface area contributed by atoms with E-state index in [9.17, 15) is 0 Å². The topological polar surface area (TPSA) is 41.6 Å². The Bertz CT molecular complexity index is 321. The van der Waals surface area contributed by atoms with Crippen LogP contribution in [0.25, 0.3) is 11.4 Å². The summed E-state index contributed by atoms with van der Waals surface area (Å²) in [5.74, 6) is 0.549. The van der Waals surface area contributed by atoms with Crippen LogP contribution in [0.2, 0.25) is 0 Å². The Hall–Kier alpha value is -1.38. The molecule has 1 aliphatic heterocycles. The first-order chi connectivity index (χ1) is 5.77. The number of nitrogens with one attached hydrogen (secondary N) is 1. The summed E-state index contributed by atoms with van der Waals surface area (Å²) >= 11 is 0. The third kappa shape index (κ3) is 1.07. The van der Waals surface area contributed by atoms with Gasteiger partial charge in [-0.15, -0.1) is 0 Å². The third-order valence-electron chi connectivity index (χ3n) is 2.00. The molecule has 2 aliphatic rings. The van der Waals surface area contributed by atoms with Crippen LogP contribution in [0.15, 0.2) is 18.5 Å². The number of aromatic amines is 1. The number of fused-ring (bicyclic) bond motifs is 1. The van der Waals surface area contributed by atoms with Gasteiger partial charge in [0.2, 0.25) is 0 Å². The van der Waals surface area contributed by atoms with E-state index in [-0.39, 0.29) is 0 Å². The van der Waals surface area contributed by atoms with Crippen LogP contribution in [0.1, 0.15) is 25.3 Å². The maximum Gasteiger partial charge on any atom is 0.136 e. The highest BCUT2D eigenvalue weighted by Gasteiger charge is 2.09. The van der Waals surface area contributed by atoms with Crippen molar-refractivity contribution in [1.82, 2.24) is 15.2 Å². The average molecular weight is 161 g/mol. The van der Waals surface area contributed by atoms with Crippen molar-refractivity contribution in [1.29, 1.82) is 0 Å². The second-order valence-corrected chi connectivity index (χ2v) is 3.23. The second-order valence-electron chi connectivity index (χ2n) is 3.23. The molecule has 0 saturated carbocycles. The van der Waals surface area contributed by atoms with Crippen LogP contribution in [0.4, 0.5) is 0 Å². The lowest BCUT2D eigenvalue weighted by Crippen LogP contribution is -1.86. The zero-order valence-corrected chi connectivity index (χ0v) is 7.20. The van der Waals surface area contributed by atoms with Crippen LogP contribution in [0.3, 0.4) is 0 Å². The molecule has 0 unspecified atom stereocenters. The van der Waals surface area contributed by atoms with Crippen molar-refractivity contribution in [3.63, 3.8) is 0 Å². The Morgan fingerprint density at radius 1 is 1.33 bits per heavy atom. The van der Waals surface area contributed by atoms with Crippen molar-refractivity contribution in [3.8, 4) is 11.4 Å². The van der Waals surface area contributed by atoms with E-state index in [2.05, 4.69) is 41.2 Å². The van der Waals surface area contributed by atoms with Gasteiger partial charge in [0.1, 0.15) is 6.33 Å². The molecule has 2 rings (SSSR count). The standard InChI is InChI=1S/C9H11N3/c1-6(2)7-3-8-9(4-7)12-11-5-10-8/h3-6,12H,1-2H3. The molecule has 0 aromatic carbocycles. The first-order valence-corrected chi connectivity index (χ1v) is 4.06. The number of hydrogen-bond donors (Lipinski definition) is 1. The molecule has 0 aromatic rings. The Morgan fingerprint density at radius 2 is 2.17 bits per heavy atom. The fourth-order valence-corrected chi connectivity index (χ4v) is 1.24. The zero-order valence-electron chi connectivity index (χ0n) is 7.20. The molecular weight excluding hydrogens is 150 g/mol. The molecule has 0 atom stereocenters. The summed E-state index contributed by atoms with van der Waals surface area (Å²) in [5, 5.41) is 6.76. The van der Waals surface area contributed by atoms with Crippen LogP contribution < -0.4 is 0 Å². The summed E-state index contributed by atoms with van der Waals surface area (Å²) in [5.41, 5.74) is 3.32. The van der Waals surface area contributed by atoms with Gasteiger partial charge in [0, 0.05) is 0 Å². The van der Waals surface area contributed by atoms with Crippen molar-refractivity contribution < 1.29 is 0 Å². The van der Waals surface area contributed by atoms with Crippen LogP contribution in [-0.2, 0) is 0 Å². The SMILES string of the molecule is CC(C)c1cc2ncn[nH]c-2c1. The summed E-state index contributed by atoms with van der Waals surface area (Å²) in [4.78, 5) is 4.14. The van der Waals surface area contributed by atoms with Crippen LogP contribution >= 0.6 is 0 Å². The minimum atomic E-state index is 0.549. The molecule has 1 heterocycles. The minimum absolute atomic E-state index is 0.549. The molecule has 3 nitrogen and oxygen atoms in total. The molecule has 0 radical (unpaired) electrons. The molecule has 0 bridgehead atoms. The zero-order chi connectivity index (χ0) is 8.55. The predicted molar refractivity (Wildman–Crippen MR) is 47.1 cm³/mol. The Morgan fingerprint density at radius 3 is 2.83 bits per heavy atom. The second kappa shape index (κ2) is 2.59. The van der Waals surface area contributed by atoms with Crippen LogP contribution in [0.5, 0.6) is 0 Å². The Kier molecular flexibility index (Phi) is 1.57. The predicted octanol–water partition coefficient (Wildman–Crippen LogP) is 2.03. The van der Waals surface area contributed by atoms with Gasteiger partial charge in [-0.1, -0.05) is 13.8 Å². The van der Waals surface area contributed by atoms with Crippen molar-refractivity contribution in [3.05, 3.63) is 24.0 Å². The largest absolute Gasteiger partial charge is 0.275 e. The summed E-state index contributed by atoms with van der Waals surface area (Å²) < 4.78 is 0. The highest BCUT2D eigenvalue weighted by molar-refractivity contribution is 5.59. The van der Waals surface area contributed by atoms with E-state index in [1.54, 1.807) is 0 Å². The average Bonchev–Trinajstić information content (AvgIpc) is 2.46. The van der Waals surface area contributed by atoms with E-state index in [1.165, 1.54) is 11.9 Å². The lowest BCUT2D eigenvalue weighted by atomic mass is 10.1. The first kappa shape index (κ1) is 7.28. The molecule has 62 valence electrons. The molecule has 3 heteroatoms. The molecular formula is C9H11N3. The van der Waals surface area contributed by atoms with Gasteiger partial charge in [-0.2, -0.15) is 5.10 Å². The maximum atomic E-state index is 4.14. The number of nitrogens with zero attached hydrogens (tertiary/aromatic N) is 2. The Balaban J connectivity index is 2.56. The van der Waals surface area contributed by atoms with Crippen molar-refractivity contribution in [2.24, 2.45) is 0 Å². The highest BCUT2D eigenvalue weighted by Crippen LogP contribution is 2.25. The number of rotatable bonds is 1. The lowest BCUT2D eigenvalue weighted by Gasteiger charge is -1.96. The van der Waals surface area contributed by atoms with Crippen LogP contribution in [-0.4, -0.2) is 15.2 Å². The minimum Gasteiger partial charge on any atom is -0.275 e. The van der Waals surface area contributed by atoms with E-state index in [0.29, 0.717) is 5.92 Å². The molecule has 1 aliphatic carbocycles. The number of H-pyrrole nitrogens is 1. The molecule has 0 saturated heterocycles. The smallest absolute Gasteiger partial charge is 0.136 e. The summed E-state index contributed by atoms with van der Waals surface area (Å²) in [6.45, 7) is 4.34. The van der Waals surface area contributed by atoms with E-state index >= 15 is 0 Å². The monoisotopic (exact) mass is 161 g/mol. The Labute approximate surface area is 71.2 Å². The molecule has 0 spiro atoms. The van der Waals surface area contributed by atoms with Gasteiger partial charge in [-0.05, 0) is 23.6 Å². The molecule has 0 amide bonds. The van der Waals surface area contributed by atoms with Gasteiger partial charge in [-0.3, -0.25) is 5.10 Å². The van der Waals surface area contributed by atoms with E-state index < -0.39 is 0 Å². The summed E-state index contributed by atoms with van der Waals surface area (Å²) in [6.07, 6.45) is 1.53. The van der Waals surface area contributed by atoms with E-state index in [4.69, 9.17) is 0 Å². The third-order valence-corrected chi connectivity index (χ3v) is 2.00. The van der Waals surface area contributed by atoms with Crippen LogP contribution in [0, 0.1) is 0 Å². The van der Waals surface area contributed by atoms with Gasteiger partial charge in [0.05, 0.1) is 11.4 Å². The van der Waals surface area contributed by atoms with Crippen molar-refractivity contribution in [2.75, 3.05) is 0 Å². The summed E-state index contributed by atoms with van der Waals surface area (Å²) in [6, 6.07) is 4.19. The first-order valence-electron chi connectivity index (χ1n) is 4.06. The van der Waals surface area contributed by atoms with Gasteiger partial charge in [-0.25, -0.2) is 4.98 Å². The summed E-state index contributed by atoms with van der Waals surface area (Å²) in [7, 11) is 0. The fraction of sp³-hybridized carbons (Fsp3) is 0.333. The van der Waals surface area contributed by atoms with E-state index in [1.807, 2.05) is 0 Å². The molecule has 1 N–H and O–H groups in total. The van der Waals surface area contributed by atoms with E-state index in [0.717, 1.165) is 11.4 Å². The maximum absolute atomic E-state index is 4.14. The lowest BCUT2D eigenvalue weighted by molar-refractivity contribution is 0.871. The van der Waals surface area contributed by atoms with Crippen molar-refractivity contribution >= 4 is 0 Å². The highest BCUT2D eigenvalue weighted by atomic mass is 15.1. The normalized spacial score (nSPS) is 11.2. The molecule has 12 heavy (non-hydrogen) atoms.